The molecule has 1 aromatic heterocycles. The number of halogens is 1. The molecule has 1 aliphatic rings. The summed E-state index contributed by atoms with van der Waals surface area (Å²) < 4.78 is 0.871. The zero-order chi connectivity index (χ0) is 17.4. The second-order valence-electron chi connectivity index (χ2n) is 5.52. The largest absolute Gasteiger partial charge is 0.508 e. The average Bonchev–Trinajstić information content (AvgIpc) is 3.20. The first-order chi connectivity index (χ1) is 12.1. The number of aromatic nitrogens is 2. The number of rotatable bonds is 3. The van der Waals surface area contributed by atoms with Crippen molar-refractivity contribution in [1.82, 2.24) is 9.97 Å². The van der Waals surface area contributed by atoms with E-state index in [-0.39, 0.29) is 11.7 Å². The normalized spacial score (nSPS) is 14.8. The Morgan fingerprint density at radius 2 is 2.08 bits per heavy atom. The summed E-state index contributed by atoms with van der Waals surface area (Å²) in [7, 11) is 0. The van der Waals surface area contributed by atoms with Crippen LogP contribution in [-0.4, -0.2) is 21.0 Å². The number of H-pyrrole nitrogens is 1. The first-order valence-electron chi connectivity index (χ1n) is 7.52. The van der Waals surface area contributed by atoms with Crippen LogP contribution in [0.2, 0.25) is 0 Å². The fraction of sp³-hybridized carbons (Fsp3) is 0. The summed E-state index contributed by atoms with van der Waals surface area (Å²) in [5.74, 6) is 0.476. The third-order valence-electron chi connectivity index (χ3n) is 3.86. The lowest BCUT2D eigenvalue weighted by molar-refractivity contribution is -0.110. The molecule has 124 valence electrons. The van der Waals surface area contributed by atoms with Gasteiger partial charge in [-0.2, -0.15) is 0 Å². The molecule has 0 aliphatic carbocycles. The van der Waals surface area contributed by atoms with Gasteiger partial charge in [-0.1, -0.05) is 28.1 Å². The summed E-state index contributed by atoms with van der Waals surface area (Å²) in [4.78, 5) is 19.7. The van der Waals surface area contributed by atoms with Crippen molar-refractivity contribution in [2.45, 2.75) is 0 Å². The monoisotopic (exact) mass is 396 g/mol. The molecule has 0 saturated carbocycles. The van der Waals surface area contributed by atoms with Gasteiger partial charge in [0.25, 0.3) is 5.91 Å². The number of phenolic OH excluding ortho intramolecular Hbond substituents is 1. The molecule has 0 radical (unpaired) electrons. The minimum absolute atomic E-state index is 0.118. The van der Waals surface area contributed by atoms with Gasteiger partial charge in [0.15, 0.2) is 0 Å². The number of fused-ring (bicyclic) bond motifs is 1. The Hall–Kier alpha value is -3.06. The van der Waals surface area contributed by atoms with Gasteiger partial charge < -0.3 is 20.7 Å². The average molecular weight is 397 g/mol. The molecule has 0 bridgehead atoms. The third-order valence-corrected chi connectivity index (χ3v) is 4.36. The van der Waals surface area contributed by atoms with Crippen molar-refractivity contribution >= 4 is 44.6 Å². The van der Waals surface area contributed by atoms with E-state index in [1.807, 2.05) is 24.3 Å². The molecular formula is C18H13BrN4O2. The lowest BCUT2D eigenvalue weighted by Crippen LogP contribution is -2.10. The Morgan fingerprint density at radius 1 is 1.20 bits per heavy atom. The van der Waals surface area contributed by atoms with Crippen molar-refractivity contribution in [2.24, 2.45) is 0 Å². The SMILES string of the molecule is O=C1Nc2ccc(Br)cc2/C1=C(/Nc1c[nH]cn1)c1cccc(O)c1. The zero-order valence-electron chi connectivity index (χ0n) is 12.9. The molecule has 4 rings (SSSR count). The van der Waals surface area contributed by atoms with Gasteiger partial charge in [0, 0.05) is 27.5 Å². The Balaban J connectivity index is 1.95. The van der Waals surface area contributed by atoms with E-state index in [0.29, 0.717) is 22.7 Å². The second kappa shape index (κ2) is 6.10. The van der Waals surface area contributed by atoms with Gasteiger partial charge in [0.2, 0.25) is 0 Å². The van der Waals surface area contributed by atoms with Gasteiger partial charge in [-0.15, -0.1) is 0 Å². The number of nitrogens with zero attached hydrogens (tertiary/aromatic N) is 1. The van der Waals surface area contributed by atoms with Gasteiger partial charge in [0.1, 0.15) is 11.6 Å². The summed E-state index contributed by atoms with van der Waals surface area (Å²) in [6.07, 6.45) is 3.24. The van der Waals surface area contributed by atoms with Gasteiger partial charge in [-0.25, -0.2) is 4.98 Å². The highest BCUT2D eigenvalue weighted by molar-refractivity contribution is 9.10. The van der Waals surface area contributed by atoms with E-state index in [1.54, 1.807) is 30.7 Å². The third kappa shape index (κ3) is 2.89. The summed E-state index contributed by atoms with van der Waals surface area (Å²) >= 11 is 3.45. The second-order valence-corrected chi connectivity index (χ2v) is 6.44. The number of amides is 1. The van der Waals surface area contributed by atoms with E-state index in [1.165, 1.54) is 0 Å². The molecule has 1 amide bonds. The molecular weight excluding hydrogens is 384 g/mol. The smallest absolute Gasteiger partial charge is 0.258 e. The van der Waals surface area contributed by atoms with Crippen LogP contribution in [-0.2, 0) is 4.79 Å². The van der Waals surface area contributed by atoms with Crippen molar-refractivity contribution in [3.63, 3.8) is 0 Å². The minimum atomic E-state index is -0.213. The molecule has 25 heavy (non-hydrogen) atoms. The van der Waals surface area contributed by atoms with Crippen molar-refractivity contribution in [2.75, 3.05) is 10.6 Å². The van der Waals surface area contributed by atoms with E-state index in [2.05, 4.69) is 36.5 Å². The van der Waals surface area contributed by atoms with Crippen molar-refractivity contribution < 1.29 is 9.90 Å². The summed E-state index contributed by atoms with van der Waals surface area (Å²) in [5, 5.41) is 15.9. The van der Waals surface area contributed by atoms with E-state index in [4.69, 9.17) is 0 Å². The quantitative estimate of drug-likeness (QED) is 0.506. The van der Waals surface area contributed by atoms with E-state index < -0.39 is 0 Å². The number of aromatic amines is 1. The van der Waals surface area contributed by atoms with Crippen molar-refractivity contribution in [3.8, 4) is 5.75 Å². The van der Waals surface area contributed by atoms with E-state index in [9.17, 15) is 9.90 Å². The Labute approximate surface area is 151 Å². The van der Waals surface area contributed by atoms with Crippen molar-refractivity contribution in [1.29, 1.82) is 0 Å². The lowest BCUT2D eigenvalue weighted by atomic mass is 10.00. The number of benzene rings is 2. The van der Waals surface area contributed by atoms with Crippen LogP contribution in [0.4, 0.5) is 11.5 Å². The van der Waals surface area contributed by atoms with Crippen LogP contribution < -0.4 is 10.6 Å². The maximum Gasteiger partial charge on any atom is 0.258 e. The van der Waals surface area contributed by atoms with E-state index in [0.717, 1.165) is 15.7 Å². The van der Waals surface area contributed by atoms with Gasteiger partial charge in [-0.3, -0.25) is 4.79 Å². The van der Waals surface area contributed by atoms with Crippen LogP contribution in [0.5, 0.6) is 5.75 Å². The Morgan fingerprint density at radius 3 is 2.84 bits per heavy atom. The number of anilines is 2. The maximum atomic E-state index is 12.7. The van der Waals surface area contributed by atoms with Gasteiger partial charge in [-0.05, 0) is 30.3 Å². The molecule has 0 saturated heterocycles. The summed E-state index contributed by atoms with van der Waals surface area (Å²) in [5.41, 5.74) is 3.26. The number of aromatic hydroxyl groups is 1. The number of imidazole rings is 1. The maximum absolute atomic E-state index is 12.7. The number of hydrogen-bond donors (Lipinski definition) is 4. The van der Waals surface area contributed by atoms with Gasteiger partial charge in [0.05, 0.1) is 17.6 Å². The van der Waals surface area contributed by atoms with Crippen LogP contribution >= 0.6 is 15.9 Å². The summed E-state index contributed by atoms with van der Waals surface area (Å²) in [6, 6.07) is 12.3. The number of carbonyl (C=O) groups is 1. The van der Waals surface area contributed by atoms with Crippen LogP contribution in [0, 0.1) is 0 Å². The molecule has 6 nitrogen and oxygen atoms in total. The minimum Gasteiger partial charge on any atom is -0.508 e. The van der Waals surface area contributed by atoms with Crippen molar-refractivity contribution in [3.05, 3.63) is 70.6 Å². The van der Waals surface area contributed by atoms with Crippen LogP contribution in [0.15, 0.2) is 59.5 Å². The van der Waals surface area contributed by atoms with Crippen LogP contribution in [0.1, 0.15) is 11.1 Å². The van der Waals surface area contributed by atoms with Gasteiger partial charge >= 0.3 is 0 Å². The predicted octanol–water partition coefficient (Wildman–Crippen LogP) is 3.81. The van der Waals surface area contributed by atoms with Crippen LogP contribution in [0.3, 0.4) is 0 Å². The highest BCUT2D eigenvalue weighted by Crippen LogP contribution is 2.39. The highest BCUT2D eigenvalue weighted by Gasteiger charge is 2.28. The van der Waals surface area contributed by atoms with E-state index >= 15 is 0 Å². The standard InChI is InChI=1S/C18H13BrN4O2/c19-11-4-5-14-13(7-11)16(18(25)22-14)17(23-15-8-20-9-21-15)10-2-1-3-12(24)6-10/h1-9,23-24H,(H,20,21)(H,22,25)/b17-16-. The molecule has 3 aromatic rings. The number of carbonyl (C=O) groups excluding carboxylic acids is 1. The highest BCUT2D eigenvalue weighted by atomic mass is 79.9. The fourth-order valence-corrected chi connectivity index (χ4v) is 3.15. The first-order valence-corrected chi connectivity index (χ1v) is 8.32. The molecule has 0 unspecified atom stereocenters. The number of phenols is 1. The first kappa shape index (κ1) is 15.5. The molecule has 2 aromatic carbocycles. The topological polar surface area (TPSA) is 90.0 Å². The molecule has 1 aliphatic heterocycles. The molecule has 7 heteroatoms. The molecule has 2 heterocycles. The molecule has 0 fully saturated rings. The lowest BCUT2D eigenvalue weighted by Gasteiger charge is -2.13. The fourth-order valence-electron chi connectivity index (χ4n) is 2.78. The molecule has 0 spiro atoms. The molecule has 4 N–H and O–H groups in total. The molecule has 0 atom stereocenters. The Kier molecular flexibility index (Phi) is 3.77. The Bertz CT molecular complexity index is 996. The zero-order valence-corrected chi connectivity index (χ0v) is 14.5. The number of hydrogen-bond acceptors (Lipinski definition) is 4. The predicted molar refractivity (Wildman–Crippen MR) is 99.9 cm³/mol. The van der Waals surface area contributed by atoms with Crippen LogP contribution in [0.25, 0.3) is 11.3 Å². The summed E-state index contributed by atoms with van der Waals surface area (Å²) in [6.45, 7) is 0. The number of nitrogens with one attached hydrogen (secondary N) is 3.